The lowest BCUT2D eigenvalue weighted by Gasteiger charge is -2.42. The molecular formula is C16H22O11S. The van der Waals surface area contributed by atoms with E-state index in [4.69, 9.17) is 23.7 Å². The molecule has 0 bridgehead atoms. The van der Waals surface area contributed by atoms with Gasteiger partial charge in [0.1, 0.15) is 11.9 Å². The summed E-state index contributed by atoms with van der Waals surface area (Å²) >= 11 is 0. The van der Waals surface area contributed by atoms with E-state index >= 15 is 0 Å². The predicted octanol–water partition coefficient (Wildman–Crippen LogP) is -0.635. The fourth-order valence-corrected chi connectivity index (χ4v) is 4.33. The first-order valence-electron chi connectivity index (χ1n) is 8.15. The minimum Gasteiger partial charge on any atom is -0.464 e. The summed E-state index contributed by atoms with van der Waals surface area (Å²) in [5.74, 6) is -4.00. The molecule has 6 atom stereocenters. The third-order valence-electron chi connectivity index (χ3n) is 3.45. The van der Waals surface area contributed by atoms with Crippen molar-refractivity contribution in [3.05, 3.63) is 0 Å². The van der Waals surface area contributed by atoms with E-state index < -0.39 is 76.3 Å². The Kier molecular flexibility index (Phi) is 8.54. The molecule has 11 nitrogen and oxygen atoms in total. The Hall–Kier alpha value is -2.50. The summed E-state index contributed by atoms with van der Waals surface area (Å²) in [6.07, 6.45) is -4.35. The molecule has 1 fully saturated rings. The quantitative estimate of drug-likeness (QED) is 0.397. The molecule has 1 aliphatic rings. The van der Waals surface area contributed by atoms with Crippen molar-refractivity contribution in [1.29, 1.82) is 0 Å². The molecule has 1 aliphatic heterocycles. The lowest BCUT2D eigenvalue weighted by atomic mass is 10.0. The van der Waals surface area contributed by atoms with Gasteiger partial charge in [0.15, 0.2) is 18.3 Å². The minimum atomic E-state index is -2.15. The maximum Gasteiger partial charge on any atom is 0.303 e. The molecule has 0 aliphatic carbocycles. The lowest BCUT2D eigenvalue weighted by Crippen LogP contribution is -2.64. The van der Waals surface area contributed by atoms with Crippen LogP contribution in [0.1, 0.15) is 34.6 Å². The van der Waals surface area contributed by atoms with Crippen molar-refractivity contribution in [1.82, 2.24) is 0 Å². The molecule has 0 spiro atoms. The van der Waals surface area contributed by atoms with Crippen LogP contribution >= 0.6 is 0 Å². The van der Waals surface area contributed by atoms with Gasteiger partial charge in [-0.2, -0.15) is 0 Å². The van der Waals surface area contributed by atoms with Crippen molar-refractivity contribution < 1.29 is 51.9 Å². The summed E-state index contributed by atoms with van der Waals surface area (Å²) in [5.41, 5.74) is -1.54. The van der Waals surface area contributed by atoms with Gasteiger partial charge in [-0.25, -0.2) is 0 Å². The van der Waals surface area contributed by atoms with E-state index in [0.717, 1.165) is 34.6 Å². The zero-order chi connectivity index (χ0) is 21.6. The predicted molar refractivity (Wildman–Crippen MR) is 90.8 cm³/mol. The smallest absolute Gasteiger partial charge is 0.303 e. The third kappa shape index (κ3) is 6.59. The topological polar surface area (TPSA) is 149 Å². The molecular weight excluding hydrogens is 400 g/mol. The summed E-state index contributed by atoms with van der Waals surface area (Å²) in [6, 6.07) is 0. The van der Waals surface area contributed by atoms with E-state index in [1.54, 1.807) is 0 Å². The first-order valence-corrected chi connectivity index (χ1v) is 9.43. The SMILES string of the molecule is CC(=O)OC[C@@H]1[C@@H](OC(C)=O)[C@H](OC(C)=O)[C@@H](OC(C)=O)[C@@H](OC(C)=O)S1=O. The van der Waals surface area contributed by atoms with Crippen LogP contribution in [-0.4, -0.2) is 69.7 Å². The molecule has 158 valence electrons. The average Bonchev–Trinajstić information content (AvgIpc) is 2.52. The van der Waals surface area contributed by atoms with Crippen LogP contribution < -0.4 is 0 Å². The van der Waals surface area contributed by atoms with E-state index in [1.165, 1.54) is 0 Å². The number of hydrogen-bond donors (Lipinski definition) is 0. The zero-order valence-electron chi connectivity index (χ0n) is 16.0. The Morgan fingerprint density at radius 1 is 0.643 bits per heavy atom. The molecule has 0 N–H and O–H groups in total. The minimum absolute atomic E-state index is 0.484. The van der Waals surface area contributed by atoms with E-state index in [9.17, 15) is 28.2 Å². The average molecular weight is 422 g/mol. The second-order valence-electron chi connectivity index (χ2n) is 5.87. The van der Waals surface area contributed by atoms with Gasteiger partial charge < -0.3 is 23.7 Å². The first-order chi connectivity index (χ1) is 12.9. The Balaban J connectivity index is 3.45. The highest BCUT2D eigenvalue weighted by Crippen LogP contribution is 2.32. The molecule has 0 aromatic carbocycles. The monoisotopic (exact) mass is 422 g/mol. The Morgan fingerprint density at radius 3 is 1.50 bits per heavy atom. The summed E-state index contributed by atoms with van der Waals surface area (Å²) in [7, 11) is -2.15. The van der Waals surface area contributed by atoms with Gasteiger partial charge in [0.2, 0.25) is 5.44 Å². The molecule has 0 amide bonds. The Bertz CT molecular complexity index is 674. The number of rotatable bonds is 6. The molecule has 1 heterocycles. The van der Waals surface area contributed by atoms with Crippen LogP contribution in [0.5, 0.6) is 0 Å². The maximum atomic E-state index is 13.0. The number of hydrogen-bond acceptors (Lipinski definition) is 11. The Labute approximate surface area is 163 Å². The molecule has 1 rings (SSSR count). The van der Waals surface area contributed by atoms with Gasteiger partial charge in [-0.15, -0.1) is 0 Å². The van der Waals surface area contributed by atoms with Crippen LogP contribution in [0.15, 0.2) is 0 Å². The number of carbonyl (C=O) groups excluding carboxylic acids is 5. The molecule has 0 aromatic rings. The highest BCUT2D eigenvalue weighted by Gasteiger charge is 2.56. The molecule has 28 heavy (non-hydrogen) atoms. The van der Waals surface area contributed by atoms with Gasteiger partial charge >= 0.3 is 29.8 Å². The van der Waals surface area contributed by atoms with Crippen molar-refractivity contribution in [2.75, 3.05) is 6.61 Å². The van der Waals surface area contributed by atoms with Crippen LogP contribution in [0, 0.1) is 0 Å². The van der Waals surface area contributed by atoms with Crippen LogP contribution in [0.4, 0.5) is 0 Å². The highest BCUT2D eigenvalue weighted by atomic mass is 32.2. The van der Waals surface area contributed by atoms with Crippen molar-refractivity contribution in [3.63, 3.8) is 0 Å². The van der Waals surface area contributed by atoms with Gasteiger partial charge in [-0.05, 0) is 0 Å². The molecule has 0 saturated carbocycles. The van der Waals surface area contributed by atoms with Crippen LogP contribution in [-0.2, 0) is 58.5 Å². The zero-order valence-corrected chi connectivity index (χ0v) is 16.8. The van der Waals surface area contributed by atoms with Crippen LogP contribution in [0.3, 0.4) is 0 Å². The number of carbonyl (C=O) groups is 5. The summed E-state index contributed by atoms with van der Waals surface area (Å²) in [6.45, 7) is 4.84. The molecule has 1 saturated heterocycles. The molecule has 0 aromatic heterocycles. The van der Waals surface area contributed by atoms with E-state index in [-0.39, 0.29) is 0 Å². The highest BCUT2D eigenvalue weighted by molar-refractivity contribution is 7.86. The van der Waals surface area contributed by atoms with Crippen molar-refractivity contribution >= 4 is 40.6 Å². The van der Waals surface area contributed by atoms with Crippen LogP contribution in [0.25, 0.3) is 0 Å². The third-order valence-corrected chi connectivity index (χ3v) is 5.27. The van der Waals surface area contributed by atoms with E-state index in [1.807, 2.05) is 0 Å². The summed E-state index contributed by atoms with van der Waals surface area (Å²) in [5, 5.41) is -1.21. The fraction of sp³-hybridized carbons (Fsp3) is 0.688. The van der Waals surface area contributed by atoms with Gasteiger partial charge in [0.25, 0.3) is 0 Å². The van der Waals surface area contributed by atoms with Crippen molar-refractivity contribution in [2.45, 2.75) is 63.6 Å². The maximum absolute atomic E-state index is 13.0. The van der Waals surface area contributed by atoms with Crippen molar-refractivity contribution in [3.8, 4) is 0 Å². The fourth-order valence-electron chi connectivity index (χ4n) is 2.60. The van der Waals surface area contributed by atoms with E-state index in [2.05, 4.69) is 0 Å². The first kappa shape index (κ1) is 23.5. The van der Waals surface area contributed by atoms with Gasteiger partial charge in [0, 0.05) is 34.6 Å². The van der Waals surface area contributed by atoms with Crippen LogP contribution in [0.2, 0.25) is 0 Å². The van der Waals surface area contributed by atoms with Gasteiger partial charge in [0.05, 0.1) is 10.8 Å². The van der Waals surface area contributed by atoms with E-state index in [0.29, 0.717) is 0 Å². The molecule has 12 heteroatoms. The summed E-state index contributed by atoms with van der Waals surface area (Å²) in [4.78, 5) is 57.3. The van der Waals surface area contributed by atoms with Gasteiger partial charge in [-0.1, -0.05) is 0 Å². The van der Waals surface area contributed by atoms with Crippen molar-refractivity contribution in [2.24, 2.45) is 0 Å². The number of esters is 5. The lowest BCUT2D eigenvalue weighted by molar-refractivity contribution is -0.195. The number of ether oxygens (including phenoxy) is 5. The molecule has 1 unspecified atom stereocenters. The normalized spacial score (nSPS) is 29.2. The summed E-state index contributed by atoms with van der Waals surface area (Å²) < 4.78 is 38.3. The van der Waals surface area contributed by atoms with Gasteiger partial charge in [-0.3, -0.25) is 28.2 Å². The second kappa shape index (κ2) is 10.2. The second-order valence-corrected chi connectivity index (χ2v) is 7.60. The molecule has 0 radical (unpaired) electrons. The Morgan fingerprint density at radius 2 is 1.07 bits per heavy atom. The standard InChI is InChI=1S/C16H22O11S/c1-7(17)23-6-12-13(24-8(2)18)14(25-9(3)19)15(26-10(4)20)16(28(12)22)27-11(5)21/h12-16H,6H2,1-5H3/t12-,13-,14+,15-,16+,28?/m1/s1. The largest absolute Gasteiger partial charge is 0.464 e.